The molecule has 33 heavy (non-hydrogen) atoms. The van der Waals surface area contributed by atoms with Crippen molar-refractivity contribution in [1.82, 2.24) is 19.9 Å². The molecule has 8 nitrogen and oxygen atoms in total. The summed E-state index contributed by atoms with van der Waals surface area (Å²) in [5.74, 6) is 1.77. The number of pyridine rings is 2. The van der Waals surface area contributed by atoms with Crippen LogP contribution in [0.4, 0.5) is 11.6 Å². The van der Waals surface area contributed by atoms with Gasteiger partial charge in [-0.2, -0.15) is 0 Å². The molecule has 0 fully saturated rings. The van der Waals surface area contributed by atoms with Crippen LogP contribution in [0.2, 0.25) is 0 Å². The van der Waals surface area contributed by atoms with Crippen molar-refractivity contribution >= 4 is 43.4 Å². The van der Waals surface area contributed by atoms with Crippen LogP contribution in [0.25, 0.3) is 20.4 Å². The summed E-state index contributed by atoms with van der Waals surface area (Å²) in [6, 6.07) is 4.05. The average Bonchev–Trinajstić information content (AvgIpc) is 3.18. The molecule has 4 aromatic heterocycles. The quantitative estimate of drug-likeness (QED) is 0.408. The van der Waals surface area contributed by atoms with E-state index < -0.39 is 0 Å². The minimum absolute atomic E-state index is 0.249. The van der Waals surface area contributed by atoms with Crippen LogP contribution in [0.1, 0.15) is 30.5 Å². The molecule has 0 unspecified atom stereocenters. The van der Waals surface area contributed by atoms with Gasteiger partial charge in [-0.25, -0.2) is 15.0 Å². The summed E-state index contributed by atoms with van der Waals surface area (Å²) in [5.41, 5.74) is 4.26. The topological polar surface area (TPSA) is 85.3 Å². The van der Waals surface area contributed by atoms with Crippen molar-refractivity contribution in [3.63, 3.8) is 0 Å². The number of nitrogens with one attached hydrogen (secondary N) is 1. The molecule has 0 atom stereocenters. The first-order valence-electron chi connectivity index (χ1n) is 11.0. The third-order valence-electron chi connectivity index (χ3n) is 5.91. The van der Waals surface area contributed by atoms with Crippen molar-refractivity contribution in [3.8, 4) is 0 Å². The molecule has 0 spiro atoms. The van der Waals surface area contributed by atoms with Crippen molar-refractivity contribution in [1.29, 1.82) is 0 Å². The summed E-state index contributed by atoms with van der Waals surface area (Å²) in [4.78, 5) is 21.7. The molecule has 9 heteroatoms. The van der Waals surface area contributed by atoms with Gasteiger partial charge in [-0.1, -0.05) is 6.07 Å². The van der Waals surface area contributed by atoms with Crippen molar-refractivity contribution in [2.45, 2.75) is 39.0 Å². The largest absolute Gasteiger partial charge is 0.383 e. The van der Waals surface area contributed by atoms with E-state index in [9.17, 15) is 0 Å². The van der Waals surface area contributed by atoms with Gasteiger partial charge >= 0.3 is 0 Å². The molecule has 0 amide bonds. The van der Waals surface area contributed by atoms with Crippen LogP contribution in [0, 0.1) is 0 Å². The summed E-state index contributed by atoms with van der Waals surface area (Å²) >= 11 is 1.64. The standard InChI is InChI=1S/C24H28N6O2S/c1-24(2)10-16-17(13-32-24)22(30(3)12-15-6-5-7-25-11-15)29-23-18(16)19-20(33-23)21(28-14-27-19)26-8-9-31-4/h5-7,11,14H,8-10,12-13H2,1-4H3,(H,26,27,28). The average molecular weight is 465 g/mol. The molecular formula is C24H28N6O2S. The molecule has 4 aromatic rings. The number of aromatic nitrogens is 4. The Morgan fingerprint density at radius 1 is 1.27 bits per heavy atom. The Kier molecular flexibility index (Phi) is 5.86. The maximum atomic E-state index is 6.22. The van der Waals surface area contributed by atoms with E-state index in [1.807, 2.05) is 12.3 Å². The number of ether oxygens (including phenoxy) is 2. The van der Waals surface area contributed by atoms with Crippen molar-refractivity contribution in [3.05, 3.63) is 47.5 Å². The summed E-state index contributed by atoms with van der Waals surface area (Å²) < 4.78 is 12.4. The van der Waals surface area contributed by atoms with E-state index in [-0.39, 0.29) is 5.60 Å². The van der Waals surface area contributed by atoms with Gasteiger partial charge < -0.3 is 19.7 Å². The first-order chi connectivity index (χ1) is 16.0. The third-order valence-corrected chi connectivity index (χ3v) is 6.99. The maximum Gasteiger partial charge on any atom is 0.147 e. The monoisotopic (exact) mass is 464 g/mol. The molecule has 0 radical (unpaired) electrons. The minimum Gasteiger partial charge on any atom is -0.383 e. The number of anilines is 2. The molecule has 0 aromatic carbocycles. The van der Waals surface area contributed by atoms with Crippen molar-refractivity contribution < 1.29 is 9.47 Å². The zero-order chi connectivity index (χ0) is 23.0. The van der Waals surface area contributed by atoms with Crippen LogP contribution >= 0.6 is 11.3 Å². The molecular weight excluding hydrogens is 436 g/mol. The third kappa shape index (κ3) is 4.23. The molecule has 1 aliphatic rings. The molecule has 0 aliphatic carbocycles. The second kappa shape index (κ2) is 8.81. The molecule has 5 heterocycles. The predicted molar refractivity (Wildman–Crippen MR) is 132 cm³/mol. The smallest absolute Gasteiger partial charge is 0.147 e. The van der Waals surface area contributed by atoms with Gasteiger partial charge in [-0.3, -0.25) is 4.98 Å². The van der Waals surface area contributed by atoms with Gasteiger partial charge in [0.2, 0.25) is 0 Å². The number of fused-ring (bicyclic) bond motifs is 5. The molecule has 5 rings (SSSR count). The highest BCUT2D eigenvalue weighted by atomic mass is 32.1. The summed E-state index contributed by atoms with van der Waals surface area (Å²) in [6.07, 6.45) is 6.12. The fraction of sp³-hybridized carbons (Fsp3) is 0.417. The Morgan fingerprint density at radius 2 is 2.15 bits per heavy atom. The number of hydrogen-bond acceptors (Lipinski definition) is 9. The van der Waals surface area contributed by atoms with E-state index in [2.05, 4.69) is 52.1 Å². The van der Waals surface area contributed by atoms with Crippen LogP contribution in [0.15, 0.2) is 30.9 Å². The van der Waals surface area contributed by atoms with Gasteiger partial charge in [0.15, 0.2) is 0 Å². The second-order valence-electron chi connectivity index (χ2n) is 8.94. The molecule has 0 saturated carbocycles. The predicted octanol–water partition coefficient (Wildman–Crippen LogP) is 4.18. The highest BCUT2D eigenvalue weighted by Crippen LogP contribution is 2.43. The fourth-order valence-corrected chi connectivity index (χ4v) is 5.46. The number of thiophene rings is 1. The van der Waals surface area contributed by atoms with Gasteiger partial charge in [-0.05, 0) is 31.0 Å². The summed E-state index contributed by atoms with van der Waals surface area (Å²) in [7, 11) is 3.77. The Morgan fingerprint density at radius 3 is 2.94 bits per heavy atom. The van der Waals surface area contributed by atoms with Gasteiger partial charge in [0.25, 0.3) is 0 Å². The SMILES string of the molecule is COCCNc1ncnc2c1sc1nc(N(C)Cc3cccnc3)c3c(c12)CC(C)(C)OC3. The lowest BCUT2D eigenvalue weighted by Gasteiger charge is -2.34. The normalized spacial score (nSPS) is 15.0. The lowest BCUT2D eigenvalue weighted by Crippen LogP contribution is -2.33. The van der Waals surface area contributed by atoms with E-state index in [4.69, 9.17) is 14.5 Å². The number of nitrogens with zero attached hydrogens (tertiary/aromatic N) is 5. The van der Waals surface area contributed by atoms with E-state index >= 15 is 0 Å². The van der Waals surface area contributed by atoms with E-state index in [0.29, 0.717) is 19.8 Å². The molecule has 1 N–H and O–H groups in total. The van der Waals surface area contributed by atoms with Gasteiger partial charge in [0.05, 0.1) is 29.0 Å². The zero-order valence-electron chi connectivity index (χ0n) is 19.4. The molecule has 1 aliphatic heterocycles. The van der Waals surface area contributed by atoms with Gasteiger partial charge in [0.1, 0.15) is 22.8 Å². The van der Waals surface area contributed by atoms with Gasteiger partial charge in [0, 0.05) is 57.0 Å². The molecule has 0 bridgehead atoms. The molecule has 0 saturated heterocycles. The Bertz CT molecular complexity index is 1290. The van der Waals surface area contributed by atoms with E-state index in [1.54, 1.807) is 31.0 Å². The number of methoxy groups -OCH3 is 1. The van der Waals surface area contributed by atoms with Crippen LogP contribution in [0.3, 0.4) is 0 Å². The van der Waals surface area contributed by atoms with E-state index in [0.717, 1.165) is 56.2 Å². The highest BCUT2D eigenvalue weighted by molar-refractivity contribution is 7.26. The lowest BCUT2D eigenvalue weighted by atomic mass is 9.90. The van der Waals surface area contributed by atoms with E-state index in [1.165, 1.54) is 5.56 Å². The molecule has 172 valence electrons. The van der Waals surface area contributed by atoms with Crippen molar-refractivity contribution in [2.24, 2.45) is 0 Å². The zero-order valence-corrected chi connectivity index (χ0v) is 20.2. The number of hydrogen-bond donors (Lipinski definition) is 1. The summed E-state index contributed by atoms with van der Waals surface area (Å²) in [6.45, 7) is 6.82. The maximum absolute atomic E-state index is 6.22. The number of rotatable bonds is 7. The van der Waals surface area contributed by atoms with Crippen LogP contribution in [-0.2, 0) is 29.0 Å². The minimum atomic E-state index is -0.249. The first-order valence-corrected chi connectivity index (χ1v) is 11.8. The Labute approximate surface area is 197 Å². The van der Waals surface area contributed by atoms with Gasteiger partial charge in [-0.15, -0.1) is 11.3 Å². The van der Waals surface area contributed by atoms with Crippen LogP contribution in [-0.4, -0.2) is 52.8 Å². The lowest BCUT2D eigenvalue weighted by molar-refractivity contribution is -0.0395. The fourth-order valence-electron chi connectivity index (χ4n) is 4.34. The highest BCUT2D eigenvalue weighted by Gasteiger charge is 2.32. The van der Waals surface area contributed by atoms with Crippen LogP contribution in [0.5, 0.6) is 0 Å². The van der Waals surface area contributed by atoms with Crippen molar-refractivity contribution in [2.75, 3.05) is 37.5 Å². The van der Waals surface area contributed by atoms with Crippen LogP contribution < -0.4 is 10.2 Å². The first kappa shape index (κ1) is 21.9. The second-order valence-corrected chi connectivity index (χ2v) is 9.94. The Hall–Kier alpha value is -2.88. The Balaban J connectivity index is 1.66. The summed E-state index contributed by atoms with van der Waals surface area (Å²) in [5, 5.41) is 4.50.